The second kappa shape index (κ2) is 7.14. The van der Waals surface area contributed by atoms with Gasteiger partial charge in [0.05, 0.1) is 17.2 Å². The molecule has 1 heterocycles. The first kappa shape index (κ1) is 17.5. The number of sulfonamides is 1. The zero-order valence-electron chi connectivity index (χ0n) is 13.3. The Morgan fingerprint density at radius 2 is 2.04 bits per heavy atom. The van der Waals surface area contributed by atoms with Crippen molar-refractivity contribution in [1.29, 1.82) is 0 Å². The molecule has 0 aliphatic heterocycles. The molecule has 0 bridgehead atoms. The van der Waals surface area contributed by atoms with Crippen LogP contribution in [0.15, 0.2) is 35.7 Å². The predicted molar refractivity (Wildman–Crippen MR) is 94.5 cm³/mol. The standard InChI is InChI=1S/C16H20N2O3S2/c1-4-12-8-9-22-15(12)16(19)17-11(2)13-6-5-7-14(10-13)18-23(3,20)21/h5-11,18H,4H2,1-3H3,(H,17,19)/t11-/m0/s1. The number of carbonyl (C=O) groups is 1. The number of amides is 1. The molecule has 0 saturated carbocycles. The zero-order chi connectivity index (χ0) is 17.0. The van der Waals surface area contributed by atoms with Crippen LogP contribution >= 0.6 is 11.3 Å². The fourth-order valence-electron chi connectivity index (χ4n) is 2.24. The molecule has 0 aliphatic rings. The Labute approximate surface area is 140 Å². The molecule has 1 amide bonds. The van der Waals surface area contributed by atoms with E-state index in [0.29, 0.717) is 5.69 Å². The monoisotopic (exact) mass is 352 g/mol. The van der Waals surface area contributed by atoms with E-state index in [4.69, 9.17) is 0 Å². The van der Waals surface area contributed by atoms with Crippen molar-refractivity contribution in [2.45, 2.75) is 26.3 Å². The van der Waals surface area contributed by atoms with E-state index in [2.05, 4.69) is 10.0 Å². The zero-order valence-corrected chi connectivity index (χ0v) is 14.9. The van der Waals surface area contributed by atoms with Crippen molar-refractivity contribution in [2.24, 2.45) is 0 Å². The van der Waals surface area contributed by atoms with E-state index in [1.54, 1.807) is 18.2 Å². The van der Waals surface area contributed by atoms with E-state index in [-0.39, 0.29) is 11.9 Å². The molecule has 0 radical (unpaired) electrons. The Kier molecular flexibility index (Phi) is 5.43. The topological polar surface area (TPSA) is 75.3 Å². The summed E-state index contributed by atoms with van der Waals surface area (Å²) >= 11 is 1.43. The molecule has 2 N–H and O–H groups in total. The third-order valence-corrected chi connectivity index (χ3v) is 4.93. The quantitative estimate of drug-likeness (QED) is 0.838. The van der Waals surface area contributed by atoms with Crippen molar-refractivity contribution in [2.75, 3.05) is 11.0 Å². The Bertz CT molecular complexity index is 797. The molecule has 1 aromatic carbocycles. The molecule has 23 heavy (non-hydrogen) atoms. The van der Waals surface area contributed by atoms with E-state index in [1.807, 2.05) is 31.4 Å². The molecular formula is C16H20N2O3S2. The fraction of sp³-hybridized carbons (Fsp3) is 0.312. The number of aryl methyl sites for hydroxylation is 1. The molecule has 5 nitrogen and oxygen atoms in total. The van der Waals surface area contributed by atoms with Gasteiger partial charge < -0.3 is 5.32 Å². The second-order valence-corrected chi connectivity index (χ2v) is 7.99. The SMILES string of the molecule is CCc1ccsc1C(=O)N[C@@H](C)c1cccc(NS(C)(=O)=O)c1. The average molecular weight is 352 g/mol. The van der Waals surface area contributed by atoms with Crippen LogP contribution in [0, 0.1) is 0 Å². The third kappa shape index (κ3) is 4.80. The summed E-state index contributed by atoms with van der Waals surface area (Å²) in [6.45, 7) is 3.89. The number of hydrogen-bond donors (Lipinski definition) is 2. The lowest BCUT2D eigenvalue weighted by Gasteiger charge is -2.15. The highest BCUT2D eigenvalue weighted by molar-refractivity contribution is 7.92. The van der Waals surface area contributed by atoms with Gasteiger partial charge in [-0.2, -0.15) is 0 Å². The minimum Gasteiger partial charge on any atom is -0.345 e. The van der Waals surface area contributed by atoms with Crippen LogP contribution in [0.1, 0.15) is 40.7 Å². The summed E-state index contributed by atoms with van der Waals surface area (Å²) in [5, 5.41) is 4.87. The maximum Gasteiger partial charge on any atom is 0.262 e. The summed E-state index contributed by atoms with van der Waals surface area (Å²) in [5.74, 6) is -0.106. The Hall–Kier alpha value is -1.86. The second-order valence-electron chi connectivity index (χ2n) is 5.32. The van der Waals surface area contributed by atoms with Crippen molar-refractivity contribution in [3.8, 4) is 0 Å². The number of benzene rings is 1. The van der Waals surface area contributed by atoms with Gasteiger partial charge in [0, 0.05) is 5.69 Å². The van der Waals surface area contributed by atoms with Gasteiger partial charge in [-0.1, -0.05) is 19.1 Å². The Morgan fingerprint density at radius 1 is 1.30 bits per heavy atom. The lowest BCUT2D eigenvalue weighted by atomic mass is 10.1. The predicted octanol–water partition coefficient (Wildman–Crippen LogP) is 3.17. The molecule has 0 unspecified atom stereocenters. The number of rotatable bonds is 6. The maximum atomic E-state index is 12.4. The number of thiophene rings is 1. The molecule has 1 atom stereocenters. The summed E-state index contributed by atoms with van der Waals surface area (Å²) in [4.78, 5) is 13.1. The molecule has 7 heteroatoms. The number of nitrogens with one attached hydrogen (secondary N) is 2. The molecular weight excluding hydrogens is 332 g/mol. The van der Waals surface area contributed by atoms with Crippen LogP contribution in [0.5, 0.6) is 0 Å². The van der Waals surface area contributed by atoms with Gasteiger partial charge in [-0.25, -0.2) is 8.42 Å². The van der Waals surface area contributed by atoms with Crippen LogP contribution in [-0.4, -0.2) is 20.6 Å². The van der Waals surface area contributed by atoms with Gasteiger partial charge in [0.1, 0.15) is 0 Å². The third-order valence-electron chi connectivity index (χ3n) is 3.37. The van der Waals surface area contributed by atoms with Crippen LogP contribution in [-0.2, 0) is 16.4 Å². The maximum absolute atomic E-state index is 12.4. The van der Waals surface area contributed by atoms with Gasteiger partial charge in [0.25, 0.3) is 5.91 Å². The highest BCUT2D eigenvalue weighted by Crippen LogP contribution is 2.21. The highest BCUT2D eigenvalue weighted by Gasteiger charge is 2.16. The Balaban J connectivity index is 2.13. The van der Waals surface area contributed by atoms with Gasteiger partial charge in [-0.05, 0) is 48.1 Å². The molecule has 1 aromatic heterocycles. The molecule has 2 aromatic rings. The van der Waals surface area contributed by atoms with Crippen LogP contribution in [0.25, 0.3) is 0 Å². The van der Waals surface area contributed by atoms with E-state index in [0.717, 1.165) is 28.7 Å². The highest BCUT2D eigenvalue weighted by atomic mass is 32.2. The number of hydrogen-bond acceptors (Lipinski definition) is 4. The largest absolute Gasteiger partial charge is 0.345 e. The number of anilines is 1. The van der Waals surface area contributed by atoms with E-state index in [1.165, 1.54) is 11.3 Å². The van der Waals surface area contributed by atoms with Gasteiger partial charge in [0.2, 0.25) is 10.0 Å². The van der Waals surface area contributed by atoms with E-state index in [9.17, 15) is 13.2 Å². The van der Waals surface area contributed by atoms with E-state index >= 15 is 0 Å². The van der Waals surface area contributed by atoms with Crippen molar-refractivity contribution in [1.82, 2.24) is 5.32 Å². The summed E-state index contributed by atoms with van der Waals surface area (Å²) < 4.78 is 25.0. The smallest absolute Gasteiger partial charge is 0.262 e. The molecule has 0 saturated heterocycles. The van der Waals surface area contributed by atoms with Gasteiger partial charge in [-0.15, -0.1) is 11.3 Å². The van der Waals surface area contributed by atoms with Crippen LogP contribution in [0.4, 0.5) is 5.69 Å². The van der Waals surface area contributed by atoms with Crippen LogP contribution in [0.3, 0.4) is 0 Å². The lowest BCUT2D eigenvalue weighted by molar-refractivity contribution is 0.0943. The first-order valence-corrected chi connectivity index (χ1v) is 10.0. The van der Waals surface area contributed by atoms with Gasteiger partial charge in [0.15, 0.2) is 0 Å². The molecule has 0 fully saturated rings. The summed E-state index contributed by atoms with van der Waals surface area (Å²) in [5.41, 5.74) is 2.35. The van der Waals surface area contributed by atoms with Gasteiger partial charge >= 0.3 is 0 Å². The van der Waals surface area contributed by atoms with E-state index < -0.39 is 10.0 Å². The Morgan fingerprint density at radius 3 is 2.70 bits per heavy atom. The van der Waals surface area contributed by atoms with Crippen LogP contribution < -0.4 is 10.0 Å². The van der Waals surface area contributed by atoms with Crippen molar-refractivity contribution in [3.05, 3.63) is 51.7 Å². The first-order valence-electron chi connectivity index (χ1n) is 7.25. The minimum absolute atomic E-state index is 0.106. The van der Waals surface area contributed by atoms with Crippen molar-refractivity contribution >= 4 is 33.0 Å². The minimum atomic E-state index is -3.32. The normalized spacial score (nSPS) is 12.7. The summed E-state index contributed by atoms with van der Waals surface area (Å²) in [6.07, 6.45) is 1.92. The first-order chi connectivity index (χ1) is 10.8. The van der Waals surface area contributed by atoms with Gasteiger partial charge in [-0.3, -0.25) is 9.52 Å². The van der Waals surface area contributed by atoms with Crippen molar-refractivity contribution < 1.29 is 13.2 Å². The van der Waals surface area contributed by atoms with Crippen LogP contribution in [0.2, 0.25) is 0 Å². The summed E-state index contributed by atoms with van der Waals surface area (Å²) in [7, 11) is -3.32. The summed E-state index contributed by atoms with van der Waals surface area (Å²) in [6, 6.07) is 8.74. The molecule has 0 aliphatic carbocycles. The lowest BCUT2D eigenvalue weighted by Crippen LogP contribution is -2.26. The van der Waals surface area contributed by atoms with Crippen molar-refractivity contribution in [3.63, 3.8) is 0 Å². The molecule has 2 rings (SSSR count). The fourth-order valence-corrected chi connectivity index (χ4v) is 3.70. The number of carbonyl (C=O) groups excluding carboxylic acids is 1. The average Bonchev–Trinajstić information content (AvgIpc) is 2.94. The molecule has 0 spiro atoms. The molecule has 124 valence electrons.